The molecule has 0 spiro atoms. The second kappa shape index (κ2) is 9.70. The van der Waals surface area contributed by atoms with Gasteiger partial charge in [-0.2, -0.15) is 0 Å². The number of halogens is 1. The average Bonchev–Trinajstić information content (AvgIpc) is 2.52. The standard InChI is InChI=1S/C17H26N2O2.ClH/c1-3-4-5-12-21-16-8-6-15(7-9-16)17(20)19-11-10-18-13-14(19)2;/h6-9,14,18H,3-5,10-13H2,1-2H3;1H. The summed E-state index contributed by atoms with van der Waals surface area (Å²) >= 11 is 0. The predicted octanol–water partition coefficient (Wildman–Crippen LogP) is 3.11. The quantitative estimate of drug-likeness (QED) is 0.817. The third-order valence-electron chi connectivity index (χ3n) is 3.88. The van der Waals surface area contributed by atoms with Crippen LogP contribution in [0.2, 0.25) is 0 Å². The Morgan fingerprint density at radius 2 is 2.05 bits per heavy atom. The highest BCUT2D eigenvalue weighted by Gasteiger charge is 2.23. The van der Waals surface area contributed by atoms with E-state index in [-0.39, 0.29) is 24.4 Å². The molecule has 1 heterocycles. The Labute approximate surface area is 139 Å². The minimum atomic E-state index is 0. The summed E-state index contributed by atoms with van der Waals surface area (Å²) in [7, 11) is 0. The van der Waals surface area contributed by atoms with Crippen molar-refractivity contribution in [2.24, 2.45) is 0 Å². The van der Waals surface area contributed by atoms with Crippen LogP contribution in [0, 0.1) is 0 Å². The second-order valence-electron chi connectivity index (χ2n) is 5.63. The Bertz CT molecular complexity index is 450. The van der Waals surface area contributed by atoms with Crippen molar-refractivity contribution in [3.63, 3.8) is 0 Å². The fraction of sp³-hybridized carbons (Fsp3) is 0.588. The van der Waals surface area contributed by atoms with Gasteiger partial charge in [-0.1, -0.05) is 19.8 Å². The second-order valence-corrected chi connectivity index (χ2v) is 5.63. The first-order chi connectivity index (χ1) is 10.2. The van der Waals surface area contributed by atoms with E-state index >= 15 is 0 Å². The molecule has 1 aliphatic heterocycles. The van der Waals surface area contributed by atoms with Crippen molar-refractivity contribution in [3.8, 4) is 5.75 Å². The third-order valence-corrected chi connectivity index (χ3v) is 3.88. The number of carbonyl (C=O) groups is 1. The van der Waals surface area contributed by atoms with Gasteiger partial charge in [-0.25, -0.2) is 0 Å². The topological polar surface area (TPSA) is 41.6 Å². The van der Waals surface area contributed by atoms with E-state index in [1.807, 2.05) is 29.2 Å². The van der Waals surface area contributed by atoms with Crippen LogP contribution in [-0.4, -0.2) is 43.1 Å². The lowest BCUT2D eigenvalue weighted by Gasteiger charge is -2.34. The molecular weight excluding hydrogens is 300 g/mol. The maximum atomic E-state index is 12.5. The molecule has 1 atom stereocenters. The minimum Gasteiger partial charge on any atom is -0.494 e. The van der Waals surface area contributed by atoms with Crippen LogP contribution in [0.15, 0.2) is 24.3 Å². The van der Waals surface area contributed by atoms with Crippen molar-refractivity contribution in [2.45, 2.75) is 39.2 Å². The van der Waals surface area contributed by atoms with Crippen LogP contribution in [0.4, 0.5) is 0 Å². The van der Waals surface area contributed by atoms with Gasteiger partial charge in [0, 0.05) is 31.2 Å². The number of rotatable bonds is 6. The first-order valence-corrected chi connectivity index (χ1v) is 7.97. The van der Waals surface area contributed by atoms with Crippen LogP contribution in [0.5, 0.6) is 5.75 Å². The molecule has 1 unspecified atom stereocenters. The maximum Gasteiger partial charge on any atom is 0.254 e. The summed E-state index contributed by atoms with van der Waals surface area (Å²) in [5, 5.41) is 3.30. The van der Waals surface area contributed by atoms with Gasteiger partial charge in [-0.15, -0.1) is 12.4 Å². The third kappa shape index (κ3) is 5.18. The maximum absolute atomic E-state index is 12.5. The van der Waals surface area contributed by atoms with E-state index in [1.165, 1.54) is 12.8 Å². The van der Waals surface area contributed by atoms with Crippen LogP contribution in [0.1, 0.15) is 43.5 Å². The molecule has 1 amide bonds. The first kappa shape index (κ1) is 18.8. The Kier molecular flexibility index (Phi) is 8.28. The molecule has 124 valence electrons. The number of benzene rings is 1. The molecular formula is C17H27ClN2O2. The zero-order valence-electron chi connectivity index (χ0n) is 13.5. The molecule has 5 heteroatoms. The van der Waals surface area contributed by atoms with Crippen LogP contribution in [0.3, 0.4) is 0 Å². The molecule has 1 N–H and O–H groups in total. The van der Waals surface area contributed by atoms with E-state index in [0.29, 0.717) is 0 Å². The highest BCUT2D eigenvalue weighted by Crippen LogP contribution is 2.16. The molecule has 0 aromatic heterocycles. The number of nitrogens with one attached hydrogen (secondary N) is 1. The van der Waals surface area contributed by atoms with Crippen LogP contribution < -0.4 is 10.1 Å². The normalized spacial score (nSPS) is 17.7. The van der Waals surface area contributed by atoms with Crippen LogP contribution in [-0.2, 0) is 0 Å². The van der Waals surface area contributed by atoms with Gasteiger partial charge in [-0.05, 0) is 37.6 Å². The Hall–Kier alpha value is -1.26. The highest BCUT2D eigenvalue weighted by atomic mass is 35.5. The fourth-order valence-corrected chi connectivity index (χ4v) is 2.54. The predicted molar refractivity (Wildman–Crippen MR) is 92.1 cm³/mol. The zero-order valence-corrected chi connectivity index (χ0v) is 14.3. The largest absolute Gasteiger partial charge is 0.494 e. The van der Waals surface area contributed by atoms with Gasteiger partial charge < -0.3 is 15.0 Å². The summed E-state index contributed by atoms with van der Waals surface area (Å²) in [5.41, 5.74) is 0.740. The summed E-state index contributed by atoms with van der Waals surface area (Å²) in [5.74, 6) is 0.956. The van der Waals surface area contributed by atoms with Gasteiger partial charge in [0.1, 0.15) is 5.75 Å². The van der Waals surface area contributed by atoms with Gasteiger partial charge in [0.05, 0.1) is 6.61 Å². The summed E-state index contributed by atoms with van der Waals surface area (Å²) in [6.45, 7) is 7.51. The molecule has 1 aromatic carbocycles. The lowest BCUT2D eigenvalue weighted by atomic mass is 10.1. The fourth-order valence-electron chi connectivity index (χ4n) is 2.54. The molecule has 1 aliphatic rings. The molecule has 1 fully saturated rings. The van der Waals surface area contributed by atoms with Crippen molar-refractivity contribution < 1.29 is 9.53 Å². The Morgan fingerprint density at radius 3 is 2.68 bits per heavy atom. The van der Waals surface area contributed by atoms with E-state index in [9.17, 15) is 4.79 Å². The smallest absolute Gasteiger partial charge is 0.254 e. The number of amides is 1. The molecule has 1 saturated heterocycles. The number of carbonyl (C=O) groups excluding carboxylic acids is 1. The highest BCUT2D eigenvalue weighted by molar-refractivity contribution is 5.94. The van der Waals surface area contributed by atoms with E-state index in [2.05, 4.69) is 19.2 Å². The van der Waals surface area contributed by atoms with Crippen molar-refractivity contribution in [3.05, 3.63) is 29.8 Å². The van der Waals surface area contributed by atoms with Crippen molar-refractivity contribution in [2.75, 3.05) is 26.2 Å². The van der Waals surface area contributed by atoms with Crippen molar-refractivity contribution >= 4 is 18.3 Å². The molecule has 22 heavy (non-hydrogen) atoms. The number of piperazine rings is 1. The lowest BCUT2D eigenvalue weighted by molar-refractivity contribution is 0.0655. The molecule has 2 rings (SSSR count). The van der Waals surface area contributed by atoms with Gasteiger partial charge in [0.15, 0.2) is 0 Å². The van der Waals surface area contributed by atoms with E-state index in [0.717, 1.165) is 44.0 Å². The molecule has 0 radical (unpaired) electrons. The summed E-state index contributed by atoms with van der Waals surface area (Å²) in [4.78, 5) is 14.4. The average molecular weight is 327 g/mol. The molecule has 0 aliphatic carbocycles. The number of hydrogen-bond donors (Lipinski definition) is 1. The first-order valence-electron chi connectivity index (χ1n) is 7.97. The van der Waals surface area contributed by atoms with E-state index in [4.69, 9.17) is 4.74 Å². The number of unbranched alkanes of at least 4 members (excludes halogenated alkanes) is 2. The van der Waals surface area contributed by atoms with Gasteiger partial charge in [0.2, 0.25) is 0 Å². The molecule has 0 saturated carbocycles. The van der Waals surface area contributed by atoms with Crippen molar-refractivity contribution in [1.29, 1.82) is 0 Å². The lowest BCUT2D eigenvalue weighted by Crippen LogP contribution is -2.52. The number of nitrogens with zero attached hydrogens (tertiary/aromatic N) is 1. The minimum absolute atomic E-state index is 0. The monoisotopic (exact) mass is 326 g/mol. The number of ether oxygens (including phenoxy) is 1. The summed E-state index contributed by atoms with van der Waals surface area (Å²) in [6.07, 6.45) is 3.46. The van der Waals surface area contributed by atoms with Crippen molar-refractivity contribution in [1.82, 2.24) is 10.2 Å². The van der Waals surface area contributed by atoms with Gasteiger partial charge in [0.25, 0.3) is 5.91 Å². The van der Waals surface area contributed by atoms with E-state index in [1.54, 1.807) is 0 Å². The molecule has 0 bridgehead atoms. The Balaban J connectivity index is 0.00000242. The van der Waals surface area contributed by atoms with Gasteiger partial charge >= 0.3 is 0 Å². The SMILES string of the molecule is CCCCCOc1ccc(C(=O)N2CCNCC2C)cc1.Cl. The zero-order chi connectivity index (χ0) is 15.1. The Morgan fingerprint density at radius 1 is 1.32 bits per heavy atom. The van der Waals surface area contributed by atoms with Gasteiger partial charge in [-0.3, -0.25) is 4.79 Å². The molecule has 4 nitrogen and oxygen atoms in total. The summed E-state index contributed by atoms with van der Waals surface area (Å²) < 4.78 is 5.67. The molecule has 1 aromatic rings. The number of hydrogen-bond acceptors (Lipinski definition) is 3. The van der Waals surface area contributed by atoms with Crippen LogP contribution >= 0.6 is 12.4 Å². The van der Waals surface area contributed by atoms with E-state index < -0.39 is 0 Å². The van der Waals surface area contributed by atoms with Crippen LogP contribution in [0.25, 0.3) is 0 Å². The summed E-state index contributed by atoms with van der Waals surface area (Å²) in [6, 6.07) is 7.77.